The fourth-order valence-electron chi connectivity index (χ4n) is 7.32. The molecule has 0 fully saturated rings. The number of unbranched alkanes of at least 4 members (excludes halogenated alkanes) is 1. The lowest BCUT2D eigenvalue weighted by atomic mass is 9.92. The fourth-order valence-corrected chi connectivity index (χ4v) is 9.10. The van der Waals surface area contributed by atoms with Crippen molar-refractivity contribution in [3.05, 3.63) is 160 Å². The van der Waals surface area contributed by atoms with E-state index in [1.54, 1.807) is 24.3 Å². The number of nitrogens with zero attached hydrogens (tertiary/aromatic N) is 1. The summed E-state index contributed by atoms with van der Waals surface area (Å²) in [7, 11) is -3.79. The van der Waals surface area contributed by atoms with Crippen LogP contribution in [0, 0.1) is 6.92 Å². The van der Waals surface area contributed by atoms with E-state index in [-0.39, 0.29) is 0 Å². The molecule has 0 spiro atoms. The molecule has 0 saturated heterocycles. The largest absolute Gasteiger partial charge is 0.340 e. The lowest BCUT2D eigenvalue weighted by Crippen LogP contribution is -2.17. The molecule has 0 amide bonds. The molecule has 0 unspecified atom stereocenters. The van der Waals surface area contributed by atoms with Gasteiger partial charge < -0.3 is 4.57 Å². The van der Waals surface area contributed by atoms with Gasteiger partial charge in [-0.2, -0.15) is 0 Å². The molecule has 0 atom stereocenters. The number of aromatic nitrogens is 1. The molecular formula is C44H41NO2S. The molecule has 0 bridgehead atoms. The smallest absolute Gasteiger partial charge is 0.207 e. The van der Waals surface area contributed by atoms with Gasteiger partial charge in [-0.25, -0.2) is 8.42 Å². The molecule has 3 nitrogen and oxygen atoms in total. The van der Waals surface area contributed by atoms with E-state index in [9.17, 15) is 8.42 Å². The third-order valence-electron chi connectivity index (χ3n) is 9.66. The summed E-state index contributed by atoms with van der Waals surface area (Å²) >= 11 is 0. The normalized spacial score (nSPS) is 15.5. The van der Waals surface area contributed by atoms with Crippen LogP contribution in [0.1, 0.15) is 50.2 Å². The van der Waals surface area contributed by atoms with E-state index in [4.69, 9.17) is 0 Å². The number of hydrogen-bond donors (Lipinski definition) is 0. The maximum absolute atomic E-state index is 14.5. The van der Waals surface area contributed by atoms with Crippen molar-refractivity contribution in [3.8, 4) is 0 Å². The second-order valence-corrected chi connectivity index (χ2v) is 14.7. The van der Waals surface area contributed by atoms with Crippen molar-refractivity contribution in [1.82, 2.24) is 4.57 Å². The van der Waals surface area contributed by atoms with Gasteiger partial charge in [-0.3, -0.25) is 0 Å². The van der Waals surface area contributed by atoms with Gasteiger partial charge >= 0.3 is 0 Å². The second-order valence-electron chi connectivity index (χ2n) is 12.8. The standard InChI is InChI=1S/C44H41NO2S/c1-4-5-30-45-40(39-24-12-17-34-18-13-25-41(45)43(34)39)29-28-36-20-10-19-35(44(36)48(46,47)37-21-7-6-8-22-37)27-26-31(2)38-23-11-16-33-15-9-14-32(3)42(33)38/h6-9,11-18,21-29H,2,4-5,10,19-20,30H2,1,3H3/b27-26+,36-28+,40-29+. The van der Waals surface area contributed by atoms with Crippen molar-refractivity contribution in [3.63, 3.8) is 0 Å². The first-order chi connectivity index (χ1) is 23.4. The Balaban J connectivity index is 1.40. The van der Waals surface area contributed by atoms with Gasteiger partial charge in [0.1, 0.15) is 0 Å². The molecule has 0 N–H and O–H groups in total. The number of benzene rings is 5. The van der Waals surface area contributed by atoms with E-state index in [1.807, 2.05) is 18.2 Å². The third-order valence-corrected chi connectivity index (χ3v) is 11.6. The summed E-state index contributed by atoms with van der Waals surface area (Å²) in [6, 6.07) is 34.4. The summed E-state index contributed by atoms with van der Waals surface area (Å²) in [4.78, 5) is 0.737. The minimum absolute atomic E-state index is 0.317. The first-order valence-electron chi connectivity index (χ1n) is 17.0. The summed E-state index contributed by atoms with van der Waals surface area (Å²) in [5.41, 5.74) is 6.02. The Hall–Kier alpha value is -4.93. The number of rotatable bonds is 9. The van der Waals surface area contributed by atoms with Crippen molar-refractivity contribution in [2.75, 3.05) is 0 Å². The third kappa shape index (κ3) is 5.75. The highest BCUT2D eigenvalue weighted by Crippen LogP contribution is 2.38. The van der Waals surface area contributed by atoms with Gasteiger partial charge in [-0.1, -0.05) is 123 Å². The van der Waals surface area contributed by atoms with Gasteiger partial charge in [0, 0.05) is 28.2 Å². The van der Waals surface area contributed by atoms with E-state index in [2.05, 4.69) is 110 Å². The molecule has 0 aliphatic heterocycles. The van der Waals surface area contributed by atoms with E-state index >= 15 is 0 Å². The van der Waals surface area contributed by atoms with Gasteiger partial charge in [0.2, 0.25) is 9.84 Å². The van der Waals surface area contributed by atoms with Crippen LogP contribution in [0.5, 0.6) is 0 Å². The van der Waals surface area contributed by atoms with Gasteiger partial charge in [-0.15, -0.1) is 0 Å². The molecule has 5 aromatic carbocycles. The minimum atomic E-state index is -3.79. The van der Waals surface area contributed by atoms with E-state index < -0.39 is 9.84 Å². The van der Waals surface area contributed by atoms with Crippen molar-refractivity contribution in [2.24, 2.45) is 0 Å². The highest BCUT2D eigenvalue weighted by atomic mass is 32.2. The summed E-state index contributed by atoms with van der Waals surface area (Å²) in [5, 5.41) is 7.16. The van der Waals surface area contributed by atoms with Crippen LogP contribution in [0.3, 0.4) is 0 Å². The molecule has 240 valence electrons. The number of aryl methyl sites for hydroxylation is 2. The van der Waals surface area contributed by atoms with Crippen LogP contribution < -0.4 is 5.35 Å². The molecule has 4 heteroatoms. The first-order valence-corrected chi connectivity index (χ1v) is 18.5. The van der Waals surface area contributed by atoms with Crippen molar-refractivity contribution in [1.29, 1.82) is 0 Å². The monoisotopic (exact) mass is 647 g/mol. The predicted octanol–water partition coefficient (Wildman–Crippen LogP) is 10.7. The van der Waals surface area contributed by atoms with Gasteiger partial charge in [0.15, 0.2) is 0 Å². The fraction of sp³-hybridized carbons (Fsp3) is 0.182. The molecule has 1 aliphatic rings. The summed E-state index contributed by atoms with van der Waals surface area (Å²) < 4.78 is 31.4. The Morgan fingerprint density at radius 1 is 0.812 bits per heavy atom. The molecule has 1 aliphatic carbocycles. The van der Waals surface area contributed by atoms with Gasteiger partial charge in [-0.05, 0) is 101 Å². The molecule has 7 rings (SSSR count). The zero-order chi connectivity index (χ0) is 33.3. The SMILES string of the molecule is C=C(/C=C/C1=C(S(=O)(=O)c2ccccc2)C(=C/C=c2\c3cccc4cccc(c43)n2CCCC)/CCC1)c1cccc2cccc(C)c12. The highest BCUT2D eigenvalue weighted by molar-refractivity contribution is 7.95. The van der Waals surface area contributed by atoms with E-state index in [0.29, 0.717) is 22.6 Å². The van der Waals surface area contributed by atoms with Crippen LogP contribution in [0.2, 0.25) is 0 Å². The van der Waals surface area contributed by atoms with Crippen LogP contribution in [0.25, 0.3) is 44.1 Å². The molecular weight excluding hydrogens is 607 g/mol. The zero-order valence-electron chi connectivity index (χ0n) is 27.7. The van der Waals surface area contributed by atoms with Crippen LogP contribution in [0.4, 0.5) is 0 Å². The molecule has 1 aromatic heterocycles. The average molecular weight is 648 g/mol. The lowest BCUT2D eigenvalue weighted by molar-refractivity contribution is 0.600. The number of hydrogen-bond acceptors (Lipinski definition) is 2. The number of sulfone groups is 1. The maximum atomic E-state index is 14.5. The van der Waals surface area contributed by atoms with Gasteiger partial charge in [0.05, 0.1) is 9.80 Å². The highest BCUT2D eigenvalue weighted by Gasteiger charge is 2.29. The van der Waals surface area contributed by atoms with E-state index in [0.717, 1.165) is 53.4 Å². The minimum Gasteiger partial charge on any atom is -0.340 e. The van der Waals surface area contributed by atoms with Gasteiger partial charge in [0.25, 0.3) is 0 Å². The summed E-state index contributed by atoms with van der Waals surface area (Å²) in [6.45, 7) is 9.68. The molecule has 0 radical (unpaired) electrons. The van der Waals surface area contributed by atoms with Crippen LogP contribution >= 0.6 is 0 Å². The molecule has 6 aromatic rings. The number of allylic oxidation sites excluding steroid dienone is 6. The Morgan fingerprint density at radius 2 is 1.52 bits per heavy atom. The zero-order valence-corrected chi connectivity index (χ0v) is 28.6. The van der Waals surface area contributed by atoms with Crippen molar-refractivity contribution < 1.29 is 8.42 Å². The maximum Gasteiger partial charge on any atom is 0.207 e. The Kier molecular flexibility index (Phi) is 8.77. The number of fused-ring (bicyclic) bond motifs is 1. The van der Waals surface area contributed by atoms with E-state index in [1.165, 1.54) is 38.0 Å². The van der Waals surface area contributed by atoms with Crippen LogP contribution in [-0.2, 0) is 16.4 Å². The molecule has 1 heterocycles. The molecule has 48 heavy (non-hydrogen) atoms. The van der Waals surface area contributed by atoms with Crippen LogP contribution in [-0.4, -0.2) is 13.0 Å². The second kappa shape index (κ2) is 13.3. The quantitative estimate of drug-likeness (QED) is 0.147. The summed E-state index contributed by atoms with van der Waals surface area (Å²) in [6.07, 6.45) is 12.6. The van der Waals surface area contributed by atoms with Crippen molar-refractivity contribution in [2.45, 2.75) is 57.4 Å². The Morgan fingerprint density at radius 3 is 2.29 bits per heavy atom. The lowest BCUT2D eigenvalue weighted by Gasteiger charge is -2.22. The first kappa shape index (κ1) is 31.7. The van der Waals surface area contributed by atoms with Crippen LogP contribution in [0.15, 0.2) is 149 Å². The summed E-state index contributed by atoms with van der Waals surface area (Å²) in [5.74, 6) is 0. The van der Waals surface area contributed by atoms with Crippen molar-refractivity contribution >= 4 is 53.9 Å². The Labute approximate surface area is 283 Å². The predicted molar refractivity (Wildman–Crippen MR) is 203 cm³/mol. The molecule has 0 saturated carbocycles. The Bertz CT molecular complexity index is 2430. The average Bonchev–Trinajstić information content (AvgIpc) is 3.42. The topological polar surface area (TPSA) is 39.1 Å².